The van der Waals surface area contributed by atoms with Crippen molar-refractivity contribution in [1.29, 1.82) is 0 Å². The Balaban J connectivity index is 0. The van der Waals surface area contributed by atoms with E-state index in [9.17, 15) is 4.79 Å². The van der Waals surface area contributed by atoms with Gasteiger partial charge in [-0.3, -0.25) is 4.79 Å². The van der Waals surface area contributed by atoms with E-state index in [4.69, 9.17) is 10.8 Å². The highest BCUT2D eigenvalue weighted by molar-refractivity contribution is 5.66. The number of nitrogens with two attached hydrogens (primary N) is 1. The minimum Gasteiger partial charge on any atom is -0.481 e. The summed E-state index contributed by atoms with van der Waals surface area (Å²) in [5.41, 5.74) is 7.33. The Morgan fingerprint density at radius 2 is 0.623 bits per heavy atom. The Hall–Kier alpha value is -0.570. The Labute approximate surface area is 336 Å². The van der Waals surface area contributed by atoms with Crippen molar-refractivity contribution in [3.8, 4) is 0 Å². The molecule has 0 aliphatic rings. The first-order valence-electron chi connectivity index (χ1n) is 24.8. The second kappa shape index (κ2) is 45.8. The first-order valence-corrected chi connectivity index (χ1v) is 24.8. The molecule has 3 N–H and O–H groups in total. The van der Waals surface area contributed by atoms with E-state index in [0.717, 1.165) is 12.8 Å². The molecule has 3 nitrogen and oxygen atoms in total. The zero-order valence-corrected chi connectivity index (χ0v) is 37.7. The highest BCUT2D eigenvalue weighted by Gasteiger charge is 2.30. The number of hydrogen-bond donors (Lipinski definition) is 2. The van der Waals surface area contributed by atoms with E-state index in [2.05, 4.69) is 34.6 Å². The highest BCUT2D eigenvalue weighted by atomic mass is 16.4. The third-order valence-corrected chi connectivity index (χ3v) is 12.2. The minimum atomic E-state index is -0.661. The molecule has 0 bridgehead atoms. The highest BCUT2D eigenvalue weighted by Crippen LogP contribution is 2.36. The maximum atomic E-state index is 10.2. The largest absolute Gasteiger partial charge is 0.481 e. The summed E-state index contributed by atoms with van der Waals surface area (Å²) in [4.78, 5) is 10.2. The van der Waals surface area contributed by atoms with Gasteiger partial charge in [-0.15, -0.1) is 0 Å². The molecular weight excluding hydrogens is 647 g/mol. The Bertz CT molecular complexity index is 650. The third-order valence-electron chi connectivity index (χ3n) is 12.2. The number of carbonyl (C=O) groups is 1. The molecule has 0 aliphatic carbocycles. The number of aliphatic carboxylic acids is 1. The smallest absolute Gasteiger partial charge is 0.303 e. The summed E-state index contributed by atoms with van der Waals surface area (Å²) < 4.78 is 0. The fraction of sp³-hybridized carbons (Fsp3) is 0.980. The van der Waals surface area contributed by atoms with Crippen LogP contribution < -0.4 is 5.73 Å². The van der Waals surface area contributed by atoms with Crippen LogP contribution in [-0.4, -0.2) is 17.1 Å². The molecule has 1 unspecified atom stereocenters. The van der Waals surface area contributed by atoms with Crippen molar-refractivity contribution >= 4 is 5.97 Å². The van der Waals surface area contributed by atoms with Crippen molar-refractivity contribution in [2.45, 2.75) is 310 Å². The van der Waals surface area contributed by atoms with Gasteiger partial charge in [0.15, 0.2) is 0 Å². The molecule has 53 heavy (non-hydrogen) atoms. The summed E-state index contributed by atoms with van der Waals surface area (Å²) in [6.07, 6.45) is 56.9. The molecule has 0 saturated heterocycles. The monoisotopic (exact) mass is 750 g/mol. The summed E-state index contributed by atoms with van der Waals surface area (Å²) >= 11 is 0. The van der Waals surface area contributed by atoms with Gasteiger partial charge in [-0.05, 0) is 31.1 Å². The fourth-order valence-corrected chi connectivity index (χ4v) is 8.14. The summed E-state index contributed by atoms with van der Waals surface area (Å²) in [5, 5.41) is 8.39. The third kappa shape index (κ3) is 44.0. The van der Waals surface area contributed by atoms with Crippen LogP contribution in [0.4, 0.5) is 0 Å². The second-order valence-corrected chi connectivity index (χ2v) is 17.7. The van der Waals surface area contributed by atoms with Crippen molar-refractivity contribution < 1.29 is 9.90 Å². The van der Waals surface area contributed by atoms with Crippen LogP contribution in [0.5, 0.6) is 0 Å². The van der Waals surface area contributed by atoms with E-state index in [1.165, 1.54) is 250 Å². The van der Waals surface area contributed by atoms with Crippen molar-refractivity contribution in [2.24, 2.45) is 11.1 Å². The SMILES string of the molecule is CCCCCCCCCCC(=O)O.CCCCCCCCCCCCCCC(C)(CCCCCCCCCCCCCC)C(N)CCCCCCCC. The van der Waals surface area contributed by atoms with E-state index < -0.39 is 5.97 Å². The van der Waals surface area contributed by atoms with Crippen LogP contribution in [0.1, 0.15) is 304 Å². The molecule has 3 heteroatoms. The summed E-state index contributed by atoms with van der Waals surface area (Å²) in [6.45, 7) is 11.7. The predicted molar refractivity (Wildman–Crippen MR) is 240 cm³/mol. The van der Waals surface area contributed by atoms with Gasteiger partial charge in [-0.2, -0.15) is 0 Å². The minimum absolute atomic E-state index is 0.342. The molecule has 0 aromatic heterocycles. The van der Waals surface area contributed by atoms with Crippen LogP contribution in [0, 0.1) is 5.41 Å². The summed E-state index contributed by atoms with van der Waals surface area (Å²) in [5.74, 6) is -0.661. The Morgan fingerprint density at radius 1 is 0.396 bits per heavy atom. The van der Waals surface area contributed by atoms with E-state index in [0.29, 0.717) is 17.9 Å². The van der Waals surface area contributed by atoms with Gasteiger partial charge in [0.25, 0.3) is 0 Å². The van der Waals surface area contributed by atoms with Gasteiger partial charge < -0.3 is 10.8 Å². The molecule has 0 aliphatic heterocycles. The maximum Gasteiger partial charge on any atom is 0.303 e. The van der Waals surface area contributed by atoms with Crippen molar-refractivity contribution in [3.05, 3.63) is 0 Å². The first-order chi connectivity index (χ1) is 25.9. The average molecular weight is 750 g/mol. The van der Waals surface area contributed by atoms with E-state index >= 15 is 0 Å². The van der Waals surface area contributed by atoms with Gasteiger partial charge in [-0.25, -0.2) is 0 Å². The first kappa shape index (κ1) is 54.5. The zero-order chi connectivity index (χ0) is 39.4. The number of carboxylic acid groups (broad SMARTS) is 1. The molecule has 0 heterocycles. The molecule has 0 aromatic carbocycles. The molecule has 1 atom stereocenters. The normalized spacial score (nSPS) is 12.2. The average Bonchev–Trinajstić information content (AvgIpc) is 3.15. The van der Waals surface area contributed by atoms with Crippen molar-refractivity contribution in [1.82, 2.24) is 0 Å². The quantitative estimate of drug-likeness (QED) is 0.0610. The molecule has 0 radical (unpaired) electrons. The fourth-order valence-electron chi connectivity index (χ4n) is 8.14. The number of unbranched alkanes of at least 4 members (excludes halogenated alkanes) is 34. The second-order valence-electron chi connectivity index (χ2n) is 17.7. The number of carboxylic acids is 1. The van der Waals surface area contributed by atoms with Gasteiger partial charge >= 0.3 is 5.97 Å². The van der Waals surface area contributed by atoms with Crippen LogP contribution in [0.15, 0.2) is 0 Å². The predicted octanol–water partition coefficient (Wildman–Crippen LogP) is 17.9. The Kier molecular flexibility index (Phi) is 47.1. The lowest BCUT2D eigenvalue weighted by molar-refractivity contribution is -0.137. The summed E-state index contributed by atoms with van der Waals surface area (Å²) in [7, 11) is 0. The van der Waals surface area contributed by atoms with Gasteiger partial charge in [0.1, 0.15) is 0 Å². The topological polar surface area (TPSA) is 63.3 Å². The summed E-state index contributed by atoms with van der Waals surface area (Å²) in [6, 6.07) is 0.402. The molecular formula is C50H103NO2. The Morgan fingerprint density at radius 3 is 0.887 bits per heavy atom. The van der Waals surface area contributed by atoms with Crippen LogP contribution in [0.2, 0.25) is 0 Å². The number of rotatable bonds is 43. The lowest BCUT2D eigenvalue weighted by Crippen LogP contribution is -2.39. The van der Waals surface area contributed by atoms with Crippen molar-refractivity contribution in [3.63, 3.8) is 0 Å². The van der Waals surface area contributed by atoms with Gasteiger partial charge in [0.05, 0.1) is 0 Å². The lowest BCUT2D eigenvalue weighted by atomic mass is 9.72. The van der Waals surface area contributed by atoms with E-state index in [1.807, 2.05) is 0 Å². The van der Waals surface area contributed by atoms with Gasteiger partial charge in [0, 0.05) is 12.5 Å². The van der Waals surface area contributed by atoms with Gasteiger partial charge in [0.2, 0.25) is 0 Å². The standard InChI is InChI=1S/C39H81N.C11H22O2/c1-5-8-11-14-17-19-21-23-25-27-30-33-36-39(4,38(40)35-32-29-16-13-10-7-3)37-34-31-28-26-24-22-20-18-15-12-9-6-2;1-2-3-4-5-6-7-8-9-10-11(12)13/h38H,5-37,40H2,1-4H3;2-10H2,1H3,(H,12,13). The maximum absolute atomic E-state index is 10.2. The molecule has 0 amide bonds. The van der Waals surface area contributed by atoms with Crippen LogP contribution in [0.3, 0.4) is 0 Å². The molecule has 320 valence electrons. The zero-order valence-electron chi connectivity index (χ0n) is 37.7. The van der Waals surface area contributed by atoms with Crippen molar-refractivity contribution in [2.75, 3.05) is 0 Å². The van der Waals surface area contributed by atoms with Gasteiger partial charge in [-0.1, -0.05) is 272 Å². The van der Waals surface area contributed by atoms with Crippen LogP contribution >= 0.6 is 0 Å². The lowest BCUT2D eigenvalue weighted by Gasteiger charge is -2.36. The van der Waals surface area contributed by atoms with Crippen LogP contribution in [0.25, 0.3) is 0 Å². The number of hydrogen-bond acceptors (Lipinski definition) is 2. The molecule has 0 fully saturated rings. The van der Waals surface area contributed by atoms with Crippen LogP contribution in [-0.2, 0) is 4.79 Å². The molecule has 0 saturated carbocycles. The molecule has 0 rings (SSSR count). The van der Waals surface area contributed by atoms with E-state index in [-0.39, 0.29) is 0 Å². The molecule has 0 spiro atoms. The molecule has 0 aromatic rings. The van der Waals surface area contributed by atoms with E-state index in [1.54, 1.807) is 0 Å².